The lowest BCUT2D eigenvalue weighted by Crippen LogP contribution is -2.02. The molecule has 0 fully saturated rings. The van der Waals surface area contributed by atoms with Crippen molar-refractivity contribution in [3.05, 3.63) is 47.5 Å². The molecule has 0 bridgehead atoms. The molecule has 16 heavy (non-hydrogen) atoms. The Labute approximate surface area is 96.9 Å². The standard InChI is InChI=1S/C16H16/c1-3-11-9-15-13-7-5-6-8-14(13)16(15)10-12(11)4-2/h5-10H,3-4H2,1-2H3. The zero-order valence-electron chi connectivity index (χ0n) is 9.88. The van der Waals surface area contributed by atoms with Gasteiger partial charge >= 0.3 is 0 Å². The monoisotopic (exact) mass is 208 g/mol. The summed E-state index contributed by atoms with van der Waals surface area (Å²) in [5.74, 6) is 0. The summed E-state index contributed by atoms with van der Waals surface area (Å²) in [6.07, 6.45) is 2.28. The number of benzene rings is 2. The van der Waals surface area contributed by atoms with Gasteiger partial charge in [0.15, 0.2) is 0 Å². The maximum absolute atomic E-state index is 2.39. The predicted octanol–water partition coefficient (Wildman–Crippen LogP) is 4.46. The molecule has 0 unspecified atom stereocenters. The van der Waals surface area contributed by atoms with Gasteiger partial charge in [-0.05, 0) is 46.2 Å². The van der Waals surface area contributed by atoms with Gasteiger partial charge < -0.3 is 0 Å². The lowest BCUT2D eigenvalue weighted by molar-refractivity contribution is 1.04. The Morgan fingerprint density at radius 1 is 0.688 bits per heavy atom. The highest BCUT2D eigenvalue weighted by atomic mass is 14.3. The van der Waals surface area contributed by atoms with Crippen LogP contribution in [0.2, 0.25) is 0 Å². The second kappa shape index (κ2) is 3.48. The Bertz CT molecular complexity index is 500. The number of rotatable bonds is 2. The first kappa shape index (κ1) is 9.65. The molecule has 1 aliphatic carbocycles. The highest BCUT2D eigenvalue weighted by Gasteiger charge is 2.22. The third-order valence-corrected chi connectivity index (χ3v) is 3.61. The Kier molecular flexibility index (Phi) is 2.10. The van der Waals surface area contributed by atoms with E-state index in [0.29, 0.717) is 0 Å². The largest absolute Gasteiger partial charge is 0.0616 e. The average molecular weight is 208 g/mol. The zero-order chi connectivity index (χ0) is 11.1. The lowest BCUT2D eigenvalue weighted by Gasteiger charge is -2.26. The average Bonchev–Trinajstić information content (AvgIpc) is 2.34. The Balaban J connectivity index is 2.19. The van der Waals surface area contributed by atoms with E-state index in [1.54, 1.807) is 0 Å². The fourth-order valence-electron chi connectivity index (χ4n) is 2.68. The van der Waals surface area contributed by atoms with Gasteiger partial charge in [0.05, 0.1) is 0 Å². The van der Waals surface area contributed by atoms with E-state index in [4.69, 9.17) is 0 Å². The van der Waals surface area contributed by atoms with Crippen molar-refractivity contribution < 1.29 is 0 Å². The van der Waals surface area contributed by atoms with Crippen LogP contribution in [0.1, 0.15) is 25.0 Å². The fraction of sp³-hybridized carbons (Fsp3) is 0.250. The van der Waals surface area contributed by atoms with Crippen molar-refractivity contribution in [3.8, 4) is 22.3 Å². The van der Waals surface area contributed by atoms with Crippen LogP contribution in [-0.4, -0.2) is 0 Å². The smallest absolute Gasteiger partial charge is 0.00960 e. The number of aryl methyl sites for hydroxylation is 2. The molecule has 0 heteroatoms. The van der Waals surface area contributed by atoms with E-state index in [1.807, 2.05) is 0 Å². The number of hydrogen-bond acceptors (Lipinski definition) is 0. The topological polar surface area (TPSA) is 0 Å². The summed E-state index contributed by atoms with van der Waals surface area (Å²) in [4.78, 5) is 0. The van der Waals surface area contributed by atoms with Crippen LogP contribution < -0.4 is 0 Å². The SMILES string of the molecule is CCc1cc2c(cc1CC)-c1ccccc1-2. The summed E-state index contributed by atoms with van der Waals surface area (Å²) >= 11 is 0. The van der Waals surface area contributed by atoms with Crippen LogP contribution in [0.25, 0.3) is 22.3 Å². The second-order valence-electron chi connectivity index (χ2n) is 4.42. The Morgan fingerprint density at radius 3 is 1.50 bits per heavy atom. The first-order chi connectivity index (χ1) is 7.85. The van der Waals surface area contributed by atoms with Gasteiger partial charge in [0.1, 0.15) is 0 Å². The summed E-state index contributed by atoms with van der Waals surface area (Å²) < 4.78 is 0. The van der Waals surface area contributed by atoms with Crippen molar-refractivity contribution in [2.45, 2.75) is 26.7 Å². The maximum Gasteiger partial charge on any atom is -0.00960 e. The molecule has 0 spiro atoms. The molecule has 2 aromatic carbocycles. The van der Waals surface area contributed by atoms with Crippen LogP contribution in [-0.2, 0) is 12.8 Å². The van der Waals surface area contributed by atoms with Gasteiger partial charge in [0.2, 0.25) is 0 Å². The van der Waals surface area contributed by atoms with Gasteiger partial charge in [0, 0.05) is 0 Å². The van der Waals surface area contributed by atoms with E-state index < -0.39 is 0 Å². The lowest BCUT2D eigenvalue weighted by atomic mass is 9.78. The van der Waals surface area contributed by atoms with Crippen LogP contribution in [0.4, 0.5) is 0 Å². The Hall–Kier alpha value is -1.56. The molecule has 1 aliphatic rings. The summed E-state index contributed by atoms with van der Waals surface area (Å²) in [5, 5.41) is 0. The van der Waals surface area contributed by atoms with Crippen molar-refractivity contribution in [3.63, 3.8) is 0 Å². The molecule has 0 heterocycles. The highest BCUT2D eigenvalue weighted by molar-refractivity contribution is 6.02. The molecule has 0 radical (unpaired) electrons. The Morgan fingerprint density at radius 2 is 1.12 bits per heavy atom. The molecular formula is C16H16. The minimum atomic E-state index is 1.14. The summed E-state index contributed by atoms with van der Waals surface area (Å²) in [6.45, 7) is 4.48. The number of fused-ring (bicyclic) bond motifs is 4. The van der Waals surface area contributed by atoms with Crippen LogP contribution in [0.5, 0.6) is 0 Å². The minimum absolute atomic E-state index is 1.14. The molecule has 0 nitrogen and oxygen atoms in total. The van der Waals surface area contributed by atoms with Gasteiger partial charge in [-0.3, -0.25) is 0 Å². The van der Waals surface area contributed by atoms with Gasteiger partial charge in [-0.25, -0.2) is 0 Å². The second-order valence-corrected chi connectivity index (χ2v) is 4.42. The van der Waals surface area contributed by atoms with Gasteiger partial charge in [-0.2, -0.15) is 0 Å². The van der Waals surface area contributed by atoms with E-state index in [9.17, 15) is 0 Å². The molecule has 0 amide bonds. The van der Waals surface area contributed by atoms with E-state index in [0.717, 1.165) is 12.8 Å². The van der Waals surface area contributed by atoms with Crippen LogP contribution in [0.3, 0.4) is 0 Å². The van der Waals surface area contributed by atoms with E-state index in [2.05, 4.69) is 50.2 Å². The third kappa shape index (κ3) is 1.16. The first-order valence-corrected chi connectivity index (χ1v) is 6.10. The molecule has 80 valence electrons. The molecule has 0 aliphatic heterocycles. The van der Waals surface area contributed by atoms with Gasteiger partial charge in [-0.1, -0.05) is 50.2 Å². The minimum Gasteiger partial charge on any atom is -0.0616 e. The molecule has 0 saturated carbocycles. The van der Waals surface area contributed by atoms with Crippen molar-refractivity contribution in [2.24, 2.45) is 0 Å². The van der Waals surface area contributed by atoms with E-state index in [-0.39, 0.29) is 0 Å². The molecule has 2 aromatic rings. The van der Waals surface area contributed by atoms with Crippen LogP contribution in [0.15, 0.2) is 36.4 Å². The van der Waals surface area contributed by atoms with Crippen molar-refractivity contribution >= 4 is 0 Å². The molecule has 0 N–H and O–H groups in total. The maximum atomic E-state index is 2.39. The normalized spacial score (nSPS) is 11.6. The molecule has 0 aromatic heterocycles. The molecule has 3 rings (SSSR count). The van der Waals surface area contributed by atoms with Gasteiger partial charge in [-0.15, -0.1) is 0 Å². The van der Waals surface area contributed by atoms with Crippen LogP contribution >= 0.6 is 0 Å². The quantitative estimate of drug-likeness (QED) is 0.583. The zero-order valence-corrected chi connectivity index (χ0v) is 9.88. The highest BCUT2D eigenvalue weighted by Crippen LogP contribution is 2.47. The summed E-state index contributed by atoms with van der Waals surface area (Å²) in [7, 11) is 0. The van der Waals surface area contributed by atoms with Crippen molar-refractivity contribution in [1.29, 1.82) is 0 Å². The number of hydrogen-bond donors (Lipinski definition) is 0. The predicted molar refractivity (Wildman–Crippen MR) is 69.6 cm³/mol. The fourth-order valence-corrected chi connectivity index (χ4v) is 2.68. The van der Waals surface area contributed by atoms with E-state index >= 15 is 0 Å². The summed E-state index contributed by atoms with van der Waals surface area (Å²) in [6, 6.07) is 13.5. The third-order valence-electron chi connectivity index (χ3n) is 3.61. The van der Waals surface area contributed by atoms with Crippen molar-refractivity contribution in [1.82, 2.24) is 0 Å². The molecule has 0 saturated heterocycles. The first-order valence-electron chi connectivity index (χ1n) is 6.10. The summed E-state index contributed by atoms with van der Waals surface area (Å²) in [5.41, 5.74) is 8.77. The molecular weight excluding hydrogens is 192 g/mol. The van der Waals surface area contributed by atoms with Gasteiger partial charge in [0.25, 0.3) is 0 Å². The van der Waals surface area contributed by atoms with E-state index in [1.165, 1.54) is 33.4 Å². The van der Waals surface area contributed by atoms with Crippen molar-refractivity contribution in [2.75, 3.05) is 0 Å². The van der Waals surface area contributed by atoms with Crippen LogP contribution in [0, 0.1) is 0 Å². The molecule has 0 atom stereocenters.